The smallest absolute Gasteiger partial charge is 0.232 e. The molecular weight excluding hydrogens is 306 g/mol. The third kappa shape index (κ3) is 2.94. The molecule has 2 N–H and O–H groups in total. The van der Waals surface area contributed by atoms with Crippen LogP contribution >= 0.6 is 11.6 Å². The van der Waals surface area contributed by atoms with Crippen LogP contribution in [0.1, 0.15) is 12.2 Å². The van der Waals surface area contributed by atoms with Gasteiger partial charge in [0.15, 0.2) is 0 Å². The summed E-state index contributed by atoms with van der Waals surface area (Å²) in [5, 5.41) is 10.0. The molecule has 0 unspecified atom stereocenters. The van der Waals surface area contributed by atoms with Crippen molar-refractivity contribution in [2.75, 3.05) is 10.6 Å². The van der Waals surface area contributed by atoms with Gasteiger partial charge in [-0.05, 0) is 19.1 Å². The van der Waals surface area contributed by atoms with E-state index in [4.69, 9.17) is 11.6 Å². The first kappa shape index (κ1) is 14.5. The quantitative estimate of drug-likeness (QED) is 0.903. The zero-order valence-corrected chi connectivity index (χ0v) is 12.6. The maximum atomic E-state index is 12.1. The topological polar surface area (TPSA) is 88.9 Å². The summed E-state index contributed by atoms with van der Waals surface area (Å²) in [6.07, 6.45) is 0.0510. The fourth-order valence-corrected chi connectivity index (χ4v) is 2.51. The van der Waals surface area contributed by atoms with Crippen LogP contribution in [0, 0.1) is 12.8 Å². The minimum absolute atomic E-state index is 0.0510. The van der Waals surface area contributed by atoms with Gasteiger partial charge in [0.1, 0.15) is 5.82 Å². The fraction of sp³-hybridized carbons (Fsp3) is 0.286. The van der Waals surface area contributed by atoms with Gasteiger partial charge in [0.2, 0.25) is 17.8 Å². The van der Waals surface area contributed by atoms with E-state index in [1.54, 1.807) is 35.9 Å². The first-order valence-corrected chi connectivity index (χ1v) is 7.17. The predicted molar refractivity (Wildman–Crippen MR) is 81.6 cm³/mol. The Balaban J connectivity index is 1.67. The Morgan fingerprint density at radius 2 is 2.27 bits per heavy atom. The van der Waals surface area contributed by atoms with Gasteiger partial charge >= 0.3 is 0 Å². The highest BCUT2D eigenvalue weighted by Crippen LogP contribution is 2.23. The summed E-state index contributed by atoms with van der Waals surface area (Å²) >= 11 is 5.99. The number of fused-ring (bicyclic) bond motifs is 1. The van der Waals surface area contributed by atoms with Gasteiger partial charge in [0, 0.05) is 6.42 Å². The number of aromatic nitrogens is 3. The van der Waals surface area contributed by atoms with Crippen molar-refractivity contribution in [3.8, 4) is 0 Å². The van der Waals surface area contributed by atoms with E-state index in [-0.39, 0.29) is 18.2 Å². The second-order valence-electron chi connectivity index (χ2n) is 5.08. The van der Waals surface area contributed by atoms with Gasteiger partial charge in [-0.1, -0.05) is 23.7 Å². The van der Waals surface area contributed by atoms with Crippen LogP contribution in [0.15, 0.2) is 24.3 Å². The number of aryl methyl sites for hydroxylation is 1. The Labute approximate surface area is 131 Å². The van der Waals surface area contributed by atoms with Gasteiger partial charge in [-0.2, -0.15) is 10.1 Å². The Hall–Kier alpha value is -2.41. The van der Waals surface area contributed by atoms with E-state index in [2.05, 4.69) is 20.7 Å². The summed E-state index contributed by atoms with van der Waals surface area (Å²) in [4.78, 5) is 28.2. The number of para-hydroxylation sites is 1. The second-order valence-corrected chi connectivity index (χ2v) is 5.49. The Kier molecular flexibility index (Phi) is 3.81. The van der Waals surface area contributed by atoms with Crippen molar-refractivity contribution >= 4 is 35.1 Å². The molecule has 0 radical (unpaired) electrons. The van der Waals surface area contributed by atoms with Crippen LogP contribution in [-0.2, 0) is 16.1 Å². The molecular formula is C14H14ClN5O2. The van der Waals surface area contributed by atoms with Crippen molar-refractivity contribution < 1.29 is 9.59 Å². The molecule has 22 heavy (non-hydrogen) atoms. The molecule has 0 fully saturated rings. The number of nitrogens with zero attached hydrogens (tertiary/aromatic N) is 3. The molecule has 0 aliphatic carbocycles. The fourth-order valence-electron chi connectivity index (χ4n) is 2.32. The van der Waals surface area contributed by atoms with Crippen LogP contribution in [0.3, 0.4) is 0 Å². The zero-order chi connectivity index (χ0) is 15.7. The molecule has 8 heteroatoms. The predicted octanol–water partition coefficient (Wildman–Crippen LogP) is 1.84. The average molecular weight is 320 g/mol. The van der Waals surface area contributed by atoms with E-state index in [0.29, 0.717) is 29.0 Å². The van der Waals surface area contributed by atoms with E-state index >= 15 is 0 Å². The average Bonchev–Trinajstić information content (AvgIpc) is 2.81. The third-order valence-corrected chi connectivity index (χ3v) is 3.69. The molecule has 2 amide bonds. The molecule has 1 atom stereocenters. The van der Waals surface area contributed by atoms with Crippen LogP contribution < -0.4 is 10.6 Å². The summed E-state index contributed by atoms with van der Waals surface area (Å²) in [6.45, 7) is 2.08. The lowest BCUT2D eigenvalue weighted by molar-refractivity contribution is -0.125. The van der Waals surface area contributed by atoms with Gasteiger partial charge in [0.05, 0.1) is 23.2 Å². The number of nitrogens with one attached hydrogen (secondary N) is 2. The molecule has 3 rings (SSSR count). The molecule has 1 aliphatic heterocycles. The number of hydrogen-bond acceptors (Lipinski definition) is 4. The largest absolute Gasteiger partial charge is 0.325 e. The number of halogens is 1. The molecule has 114 valence electrons. The van der Waals surface area contributed by atoms with E-state index in [9.17, 15) is 9.59 Å². The van der Waals surface area contributed by atoms with Crippen LogP contribution in [0.2, 0.25) is 5.02 Å². The van der Waals surface area contributed by atoms with Crippen molar-refractivity contribution in [1.29, 1.82) is 0 Å². The Morgan fingerprint density at radius 1 is 1.50 bits per heavy atom. The molecule has 0 saturated carbocycles. The molecule has 2 aromatic rings. The van der Waals surface area contributed by atoms with Crippen molar-refractivity contribution in [1.82, 2.24) is 14.8 Å². The maximum absolute atomic E-state index is 12.1. The van der Waals surface area contributed by atoms with Gasteiger partial charge in [0.25, 0.3) is 0 Å². The van der Waals surface area contributed by atoms with Crippen molar-refractivity contribution in [3.63, 3.8) is 0 Å². The standard InChI is InChI=1S/C14H14ClN5O2/c1-8-16-14-18-13(22)9(7-20(14)19-8)6-12(21)17-11-5-3-2-4-10(11)15/h2-5,9H,6-7H2,1H3,(H,17,21)(H,16,18,19,22)/t9-/m1/s1. The molecule has 7 nitrogen and oxygen atoms in total. The first-order chi connectivity index (χ1) is 10.5. The minimum Gasteiger partial charge on any atom is -0.325 e. The molecule has 0 bridgehead atoms. The summed E-state index contributed by atoms with van der Waals surface area (Å²) in [7, 11) is 0. The third-order valence-electron chi connectivity index (χ3n) is 3.36. The highest BCUT2D eigenvalue weighted by molar-refractivity contribution is 6.33. The number of benzene rings is 1. The zero-order valence-electron chi connectivity index (χ0n) is 11.8. The van der Waals surface area contributed by atoms with E-state index in [0.717, 1.165) is 0 Å². The number of amides is 2. The Bertz CT molecular complexity index is 743. The minimum atomic E-state index is -0.490. The SMILES string of the molecule is Cc1nc2n(n1)C[C@@H](CC(=O)Nc1ccccc1Cl)C(=O)N2. The number of carbonyl (C=O) groups is 2. The monoisotopic (exact) mass is 319 g/mol. The van der Waals surface area contributed by atoms with Crippen molar-refractivity contribution in [2.24, 2.45) is 5.92 Å². The molecule has 0 spiro atoms. The number of carbonyl (C=O) groups excluding carboxylic acids is 2. The lowest BCUT2D eigenvalue weighted by Gasteiger charge is -2.21. The van der Waals surface area contributed by atoms with Crippen molar-refractivity contribution in [2.45, 2.75) is 19.9 Å². The molecule has 0 saturated heterocycles. The lowest BCUT2D eigenvalue weighted by atomic mass is 10.0. The first-order valence-electron chi connectivity index (χ1n) is 6.79. The normalized spacial score (nSPS) is 16.8. The summed E-state index contributed by atoms with van der Waals surface area (Å²) in [5.41, 5.74) is 0.530. The Morgan fingerprint density at radius 3 is 3.05 bits per heavy atom. The summed E-state index contributed by atoms with van der Waals surface area (Å²) < 4.78 is 1.60. The highest BCUT2D eigenvalue weighted by atomic mass is 35.5. The molecule has 1 aromatic carbocycles. The lowest BCUT2D eigenvalue weighted by Crippen LogP contribution is -2.36. The summed E-state index contributed by atoms with van der Waals surface area (Å²) in [6, 6.07) is 6.95. The maximum Gasteiger partial charge on any atom is 0.232 e. The van der Waals surface area contributed by atoms with E-state index in [1.807, 2.05) is 0 Å². The van der Waals surface area contributed by atoms with Crippen LogP contribution in [0.25, 0.3) is 0 Å². The molecule has 1 aromatic heterocycles. The number of hydrogen-bond donors (Lipinski definition) is 2. The van der Waals surface area contributed by atoms with Crippen LogP contribution in [0.4, 0.5) is 11.6 Å². The van der Waals surface area contributed by atoms with Crippen LogP contribution in [0.5, 0.6) is 0 Å². The van der Waals surface area contributed by atoms with Gasteiger partial charge in [-0.25, -0.2) is 4.68 Å². The highest BCUT2D eigenvalue weighted by Gasteiger charge is 2.30. The van der Waals surface area contributed by atoms with Gasteiger partial charge in [-0.15, -0.1) is 0 Å². The number of rotatable bonds is 3. The van der Waals surface area contributed by atoms with Gasteiger partial charge < -0.3 is 5.32 Å². The van der Waals surface area contributed by atoms with Gasteiger partial charge in [-0.3, -0.25) is 14.9 Å². The second kappa shape index (κ2) is 5.76. The van der Waals surface area contributed by atoms with Crippen molar-refractivity contribution in [3.05, 3.63) is 35.1 Å². The van der Waals surface area contributed by atoms with E-state index < -0.39 is 5.92 Å². The van der Waals surface area contributed by atoms with E-state index in [1.165, 1.54) is 0 Å². The molecule has 1 aliphatic rings. The number of anilines is 2. The molecule has 2 heterocycles. The van der Waals surface area contributed by atoms with Crippen LogP contribution in [-0.4, -0.2) is 26.6 Å². The summed E-state index contributed by atoms with van der Waals surface area (Å²) in [5.74, 6) is 0.0144.